The molecule has 1 heterocycles. The van der Waals surface area contributed by atoms with Crippen LogP contribution in [0.3, 0.4) is 0 Å². The Hall–Kier alpha value is -0.610. The summed E-state index contributed by atoms with van der Waals surface area (Å²) in [5, 5.41) is 0.732. The number of hydrogen-bond donors (Lipinski definition) is 1. The second kappa shape index (κ2) is 2.94. The molecular formula is C10H16N2OS. The summed E-state index contributed by atoms with van der Waals surface area (Å²) in [7, 11) is 1.65. The van der Waals surface area contributed by atoms with Gasteiger partial charge in [0.15, 0.2) is 0 Å². The Balaban J connectivity index is 2.31. The number of ether oxygens (including phenoxy) is 1. The van der Waals surface area contributed by atoms with Gasteiger partial charge in [0, 0.05) is 22.0 Å². The van der Waals surface area contributed by atoms with Crippen molar-refractivity contribution in [3.05, 3.63) is 11.1 Å². The summed E-state index contributed by atoms with van der Waals surface area (Å²) in [4.78, 5) is 5.46. The standard InChI is InChI=1S/C10H16N2OS/c1-9(2,11)10(4-5-10)7-6-12-8(13-3)14-7/h6H,4-5,11H2,1-3H3. The summed E-state index contributed by atoms with van der Waals surface area (Å²) in [6.07, 6.45) is 4.24. The van der Waals surface area contributed by atoms with Crippen LogP contribution < -0.4 is 10.5 Å². The first-order chi connectivity index (χ1) is 6.49. The van der Waals surface area contributed by atoms with Crippen molar-refractivity contribution in [2.24, 2.45) is 5.73 Å². The highest BCUT2D eigenvalue weighted by atomic mass is 32.1. The third kappa shape index (κ3) is 1.33. The summed E-state index contributed by atoms with van der Waals surface area (Å²) >= 11 is 1.62. The molecule has 2 rings (SSSR count). The number of hydrogen-bond acceptors (Lipinski definition) is 4. The second-order valence-electron chi connectivity index (χ2n) is 4.50. The van der Waals surface area contributed by atoms with E-state index in [4.69, 9.17) is 10.5 Å². The van der Waals surface area contributed by atoms with Crippen molar-refractivity contribution in [2.45, 2.75) is 37.6 Å². The smallest absolute Gasteiger partial charge is 0.273 e. The summed E-state index contributed by atoms with van der Waals surface area (Å²) in [5.74, 6) is 0. The molecule has 1 saturated carbocycles. The fourth-order valence-electron chi connectivity index (χ4n) is 1.91. The molecule has 1 aromatic rings. The van der Waals surface area contributed by atoms with Gasteiger partial charge < -0.3 is 10.5 Å². The van der Waals surface area contributed by atoms with Crippen LogP contribution in [0.2, 0.25) is 0 Å². The summed E-state index contributed by atoms with van der Waals surface area (Å²) in [6.45, 7) is 4.18. The molecule has 1 aromatic heterocycles. The lowest BCUT2D eigenvalue weighted by Crippen LogP contribution is -2.44. The van der Waals surface area contributed by atoms with E-state index >= 15 is 0 Å². The fraction of sp³-hybridized carbons (Fsp3) is 0.700. The lowest BCUT2D eigenvalue weighted by Gasteiger charge is -2.29. The van der Waals surface area contributed by atoms with Crippen LogP contribution in [0.1, 0.15) is 31.6 Å². The topological polar surface area (TPSA) is 48.1 Å². The van der Waals surface area contributed by atoms with Crippen LogP contribution in [0.5, 0.6) is 5.19 Å². The molecule has 4 heteroatoms. The summed E-state index contributed by atoms with van der Waals surface area (Å²) < 4.78 is 5.10. The molecule has 1 aliphatic rings. The van der Waals surface area contributed by atoms with Gasteiger partial charge in [0.2, 0.25) is 0 Å². The van der Waals surface area contributed by atoms with Crippen LogP contribution in [-0.2, 0) is 5.41 Å². The van der Waals surface area contributed by atoms with Gasteiger partial charge in [-0.05, 0) is 26.7 Å². The Morgan fingerprint density at radius 1 is 1.57 bits per heavy atom. The molecule has 0 saturated heterocycles. The first kappa shape index (κ1) is 9.93. The van der Waals surface area contributed by atoms with Crippen molar-refractivity contribution >= 4 is 11.3 Å². The summed E-state index contributed by atoms with van der Waals surface area (Å²) in [6, 6.07) is 0. The van der Waals surface area contributed by atoms with Crippen molar-refractivity contribution < 1.29 is 4.74 Å². The van der Waals surface area contributed by atoms with Gasteiger partial charge in [0.05, 0.1) is 7.11 Å². The van der Waals surface area contributed by atoms with Gasteiger partial charge >= 0.3 is 0 Å². The molecule has 1 aliphatic carbocycles. The largest absolute Gasteiger partial charge is 0.473 e. The zero-order valence-corrected chi connectivity index (χ0v) is 9.65. The van der Waals surface area contributed by atoms with Crippen molar-refractivity contribution in [1.82, 2.24) is 4.98 Å². The summed E-state index contributed by atoms with van der Waals surface area (Å²) in [5.41, 5.74) is 6.19. The molecule has 0 radical (unpaired) electrons. The third-order valence-electron chi connectivity index (χ3n) is 3.11. The Bertz CT molecular complexity index is 336. The van der Waals surface area contributed by atoms with Crippen LogP contribution in [-0.4, -0.2) is 17.6 Å². The molecule has 0 aromatic carbocycles. The molecule has 0 amide bonds. The maximum absolute atomic E-state index is 6.20. The average Bonchev–Trinajstić information content (AvgIpc) is 2.79. The Labute approximate surface area is 88.3 Å². The highest BCUT2D eigenvalue weighted by molar-refractivity contribution is 7.13. The van der Waals surface area contributed by atoms with E-state index in [1.807, 2.05) is 6.20 Å². The van der Waals surface area contributed by atoms with E-state index in [2.05, 4.69) is 18.8 Å². The number of rotatable bonds is 3. The molecule has 1 fully saturated rings. The Morgan fingerprint density at radius 3 is 2.57 bits per heavy atom. The minimum absolute atomic E-state index is 0.154. The molecule has 2 N–H and O–H groups in total. The van der Waals surface area contributed by atoms with E-state index in [1.54, 1.807) is 18.4 Å². The van der Waals surface area contributed by atoms with E-state index in [0.717, 1.165) is 5.19 Å². The Kier molecular flexibility index (Phi) is 2.08. The molecule has 14 heavy (non-hydrogen) atoms. The second-order valence-corrected chi connectivity index (χ2v) is 5.49. The van der Waals surface area contributed by atoms with E-state index in [0.29, 0.717) is 0 Å². The van der Waals surface area contributed by atoms with Gasteiger partial charge in [-0.3, -0.25) is 0 Å². The normalized spacial score (nSPS) is 19.4. The molecule has 0 unspecified atom stereocenters. The fourth-order valence-corrected chi connectivity index (χ4v) is 3.05. The quantitative estimate of drug-likeness (QED) is 0.832. The molecule has 0 atom stereocenters. The first-order valence-corrected chi connectivity index (χ1v) is 5.60. The van der Waals surface area contributed by atoms with Crippen LogP contribution in [0.15, 0.2) is 6.20 Å². The van der Waals surface area contributed by atoms with Crippen LogP contribution in [0.4, 0.5) is 0 Å². The maximum Gasteiger partial charge on any atom is 0.273 e. The van der Waals surface area contributed by atoms with Crippen molar-refractivity contribution in [3.63, 3.8) is 0 Å². The van der Waals surface area contributed by atoms with Crippen LogP contribution >= 0.6 is 11.3 Å². The highest BCUT2D eigenvalue weighted by Crippen LogP contribution is 2.56. The first-order valence-electron chi connectivity index (χ1n) is 4.79. The molecule has 3 nitrogen and oxygen atoms in total. The molecule has 78 valence electrons. The zero-order valence-electron chi connectivity index (χ0n) is 8.83. The predicted octanol–water partition coefficient (Wildman–Crippen LogP) is 1.92. The van der Waals surface area contributed by atoms with Crippen molar-refractivity contribution in [3.8, 4) is 5.19 Å². The number of nitrogens with zero attached hydrogens (tertiary/aromatic N) is 1. The van der Waals surface area contributed by atoms with E-state index < -0.39 is 0 Å². The van der Waals surface area contributed by atoms with Gasteiger partial charge in [0.1, 0.15) is 0 Å². The Morgan fingerprint density at radius 2 is 2.21 bits per heavy atom. The number of aromatic nitrogens is 1. The zero-order chi connectivity index (χ0) is 10.4. The van der Waals surface area contributed by atoms with Crippen molar-refractivity contribution in [2.75, 3.05) is 7.11 Å². The molecular weight excluding hydrogens is 196 g/mol. The highest BCUT2D eigenvalue weighted by Gasteiger charge is 2.55. The van der Waals surface area contributed by atoms with E-state index in [1.165, 1.54) is 17.7 Å². The van der Waals surface area contributed by atoms with Gasteiger partial charge in [0.25, 0.3) is 5.19 Å². The van der Waals surface area contributed by atoms with Crippen molar-refractivity contribution in [1.29, 1.82) is 0 Å². The van der Waals surface area contributed by atoms with Gasteiger partial charge in [-0.15, -0.1) is 0 Å². The number of methoxy groups -OCH3 is 1. The van der Waals surface area contributed by atoms with Crippen LogP contribution in [0, 0.1) is 0 Å². The number of thiazole rings is 1. The van der Waals surface area contributed by atoms with Gasteiger partial charge in [-0.25, -0.2) is 4.98 Å². The molecule has 0 bridgehead atoms. The minimum Gasteiger partial charge on any atom is -0.473 e. The minimum atomic E-state index is -0.162. The lowest BCUT2D eigenvalue weighted by molar-refractivity contribution is 0.396. The van der Waals surface area contributed by atoms with Gasteiger partial charge in [-0.2, -0.15) is 0 Å². The van der Waals surface area contributed by atoms with Crippen LogP contribution in [0.25, 0.3) is 0 Å². The monoisotopic (exact) mass is 212 g/mol. The maximum atomic E-state index is 6.20. The van der Waals surface area contributed by atoms with Gasteiger partial charge in [-0.1, -0.05) is 11.3 Å². The third-order valence-corrected chi connectivity index (χ3v) is 4.28. The molecule has 0 aliphatic heterocycles. The lowest BCUT2D eigenvalue weighted by atomic mass is 9.84. The predicted molar refractivity (Wildman–Crippen MR) is 57.8 cm³/mol. The SMILES string of the molecule is COc1ncc(C2(C(C)(C)N)CC2)s1. The number of nitrogens with two attached hydrogens (primary N) is 1. The van der Waals surface area contributed by atoms with E-state index in [-0.39, 0.29) is 11.0 Å². The van der Waals surface area contributed by atoms with E-state index in [9.17, 15) is 0 Å². The molecule has 0 spiro atoms. The average molecular weight is 212 g/mol.